The minimum Gasteiger partial charge on any atom is -0.355 e. The Morgan fingerprint density at radius 2 is 2.00 bits per heavy atom. The van der Waals surface area contributed by atoms with Crippen LogP contribution in [0.2, 0.25) is 0 Å². The van der Waals surface area contributed by atoms with Crippen LogP contribution in [0.15, 0.2) is 0 Å². The fourth-order valence-electron chi connectivity index (χ4n) is 2.15. The van der Waals surface area contributed by atoms with Crippen molar-refractivity contribution in [3.05, 3.63) is 15.8 Å². The van der Waals surface area contributed by atoms with E-state index >= 15 is 0 Å². The fourth-order valence-corrected chi connectivity index (χ4v) is 2.15. The van der Waals surface area contributed by atoms with Crippen LogP contribution in [0.1, 0.15) is 39.3 Å². The Morgan fingerprint density at radius 1 is 1.43 bits per heavy atom. The first-order chi connectivity index (χ1) is 9.83. The SMILES string of the molecule is CCN(CC)C(=O)CNc1c([N+](=O)[O-])c(C(C)C)nn1C. The molecule has 0 spiro atoms. The molecule has 0 bridgehead atoms. The molecule has 1 amide bonds. The van der Waals surface area contributed by atoms with Gasteiger partial charge in [-0.15, -0.1) is 0 Å². The molecule has 0 saturated heterocycles. The largest absolute Gasteiger partial charge is 0.355 e. The molecule has 0 saturated carbocycles. The molecular formula is C13H23N5O3. The number of rotatable bonds is 7. The van der Waals surface area contributed by atoms with Crippen molar-refractivity contribution < 1.29 is 9.72 Å². The van der Waals surface area contributed by atoms with Gasteiger partial charge in [-0.3, -0.25) is 14.9 Å². The molecule has 0 unspecified atom stereocenters. The molecule has 1 aromatic heterocycles. The van der Waals surface area contributed by atoms with Crippen LogP contribution in [0.5, 0.6) is 0 Å². The van der Waals surface area contributed by atoms with Crippen molar-refractivity contribution in [2.24, 2.45) is 7.05 Å². The second-order valence-corrected chi connectivity index (χ2v) is 5.04. The molecule has 1 aromatic rings. The van der Waals surface area contributed by atoms with E-state index in [-0.39, 0.29) is 29.9 Å². The van der Waals surface area contributed by atoms with Crippen LogP contribution in [0.4, 0.5) is 11.5 Å². The van der Waals surface area contributed by atoms with Crippen LogP contribution < -0.4 is 5.32 Å². The van der Waals surface area contributed by atoms with E-state index in [2.05, 4.69) is 10.4 Å². The molecule has 21 heavy (non-hydrogen) atoms. The predicted molar refractivity (Wildman–Crippen MR) is 80.4 cm³/mol. The van der Waals surface area contributed by atoms with Crippen LogP contribution >= 0.6 is 0 Å². The standard InChI is InChI=1S/C13H23N5O3/c1-6-17(7-2)10(19)8-14-13-12(18(20)21)11(9(3)4)15-16(13)5/h9,14H,6-8H2,1-5H3. The average Bonchev–Trinajstić information content (AvgIpc) is 2.75. The maximum Gasteiger partial charge on any atom is 0.334 e. The third kappa shape index (κ3) is 3.71. The molecule has 118 valence electrons. The highest BCUT2D eigenvalue weighted by Crippen LogP contribution is 2.32. The van der Waals surface area contributed by atoms with Gasteiger partial charge in [-0.05, 0) is 13.8 Å². The van der Waals surface area contributed by atoms with Gasteiger partial charge in [0.2, 0.25) is 11.7 Å². The number of aromatic nitrogens is 2. The number of nitro groups is 1. The summed E-state index contributed by atoms with van der Waals surface area (Å²) in [6.07, 6.45) is 0. The Kier molecular flexibility index (Phi) is 5.69. The van der Waals surface area contributed by atoms with Gasteiger partial charge in [0.05, 0.1) is 11.5 Å². The van der Waals surface area contributed by atoms with Gasteiger partial charge in [0.15, 0.2) is 0 Å². The molecule has 0 radical (unpaired) electrons. The van der Waals surface area contributed by atoms with Gasteiger partial charge >= 0.3 is 5.69 Å². The summed E-state index contributed by atoms with van der Waals surface area (Å²) in [5.41, 5.74) is 0.361. The highest BCUT2D eigenvalue weighted by molar-refractivity contribution is 5.81. The number of nitrogens with zero attached hydrogens (tertiary/aromatic N) is 4. The Hall–Kier alpha value is -2.12. The molecule has 0 aliphatic heterocycles. The second kappa shape index (κ2) is 7.05. The Morgan fingerprint density at radius 3 is 2.43 bits per heavy atom. The topological polar surface area (TPSA) is 93.3 Å². The number of hydrogen-bond acceptors (Lipinski definition) is 5. The number of carbonyl (C=O) groups excluding carboxylic acids is 1. The van der Waals surface area contributed by atoms with Gasteiger partial charge in [-0.1, -0.05) is 13.8 Å². The van der Waals surface area contributed by atoms with Gasteiger partial charge < -0.3 is 10.2 Å². The van der Waals surface area contributed by atoms with Gasteiger partial charge in [0, 0.05) is 26.1 Å². The van der Waals surface area contributed by atoms with Crippen molar-refractivity contribution in [1.29, 1.82) is 0 Å². The molecule has 1 N–H and O–H groups in total. The summed E-state index contributed by atoms with van der Waals surface area (Å²) in [6, 6.07) is 0. The highest BCUT2D eigenvalue weighted by atomic mass is 16.6. The lowest BCUT2D eigenvalue weighted by molar-refractivity contribution is -0.384. The van der Waals surface area contributed by atoms with Gasteiger partial charge in [-0.2, -0.15) is 5.10 Å². The Bertz CT molecular complexity index is 520. The number of anilines is 1. The summed E-state index contributed by atoms with van der Waals surface area (Å²) in [5, 5.41) is 18.3. The van der Waals surface area contributed by atoms with E-state index in [0.717, 1.165) is 0 Å². The Labute approximate surface area is 124 Å². The maximum atomic E-state index is 12.0. The lowest BCUT2D eigenvalue weighted by Crippen LogP contribution is -2.35. The minimum absolute atomic E-state index is 0.0135. The van der Waals surface area contributed by atoms with Crippen molar-refractivity contribution in [2.75, 3.05) is 25.0 Å². The molecular weight excluding hydrogens is 274 g/mol. The highest BCUT2D eigenvalue weighted by Gasteiger charge is 2.28. The molecule has 0 aliphatic carbocycles. The van der Waals surface area contributed by atoms with E-state index < -0.39 is 4.92 Å². The molecule has 1 rings (SSSR count). The monoisotopic (exact) mass is 297 g/mol. The van der Waals surface area contributed by atoms with Crippen molar-refractivity contribution >= 4 is 17.4 Å². The lowest BCUT2D eigenvalue weighted by atomic mass is 10.1. The molecule has 0 fully saturated rings. The molecule has 8 nitrogen and oxygen atoms in total. The summed E-state index contributed by atoms with van der Waals surface area (Å²) in [6.45, 7) is 8.72. The molecule has 8 heteroatoms. The Balaban J connectivity index is 2.98. The third-order valence-electron chi connectivity index (χ3n) is 3.30. The van der Waals surface area contributed by atoms with E-state index in [1.165, 1.54) is 4.68 Å². The van der Waals surface area contributed by atoms with Crippen LogP contribution in [0.25, 0.3) is 0 Å². The lowest BCUT2D eigenvalue weighted by Gasteiger charge is -2.18. The van der Waals surface area contributed by atoms with Gasteiger partial charge in [0.1, 0.15) is 5.69 Å². The number of carbonyl (C=O) groups is 1. The van der Waals surface area contributed by atoms with Gasteiger partial charge in [-0.25, -0.2) is 4.68 Å². The van der Waals surface area contributed by atoms with Crippen LogP contribution in [-0.2, 0) is 11.8 Å². The van der Waals surface area contributed by atoms with Gasteiger partial charge in [0.25, 0.3) is 0 Å². The summed E-state index contributed by atoms with van der Waals surface area (Å²) in [4.78, 5) is 24.5. The number of aryl methyl sites for hydroxylation is 1. The fraction of sp³-hybridized carbons (Fsp3) is 0.692. The van der Waals surface area contributed by atoms with E-state index in [1.54, 1.807) is 11.9 Å². The summed E-state index contributed by atoms with van der Waals surface area (Å²) in [5.74, 6) is 0.108. The quantitative estimate of drug-likeness (QED) is 0.611. The first kappa shape index (κ1) is 16.9. The zero-order chi connectivity index (χ0) is 16.2. The first-order valence-corrected chi connectivity index (χ1v) is 7.06. The molecule has 0 atom stereocenters. The van der Waals surface area contributed by atoms with Crippen molar-refractivity contribution in [2.45, 2.75) is 33.6 Å². The number of nitrogens with one attached hydrogen (secondary N) is 1. The summed E-state index contributed by atoms with van der Waals surface area (Å²) >= 11 is 0. The molecule has 0 aliphatic rings. The summed E-state index contributed by atoms with van der Waals surface area (Å²) < 4.78 is 1.42. The second-order valence-electron chi connectivity index (χ2n) is 5.04. The normalized spacial score (nSPS) is 10.8. The summed E-state index contributed by atoms with van der Waals surface area (Å²) in [7, 11) is 1.63. The smallest absolute Gasteiger partial charge is 0.334 e. The minimum atomic E-state index is -0.452. The van der Waals surface area contributed by atoms with Crippen LogP contribution in [-0.4, -0.2) is 45.1 Å². The van der Waals surface area contributed by atoms with E-state index in [9.17, 15) is 14.9 Å². The number of amides is 1. The van der Waals surface area contributed by atoms with E-state index in [0.29, 0.717) is 18.8 Å². The van der Waals surface area contributed by atoms with Crippen molar-refractivity contribution in [1.82, 2.24) is 14.7 Å². The molecule has 0 aromatic carbocycles. The maximum absolute atomic E-state index is 12.0. The average molecular weight is 297 g/mol. The van der Waals surface area contributed by atoms with E-state index in [1.807, 2.05) is 27.7 Å². The van der Waals surface area contributed by atoms with E-state index in [4.69, 9.17) is 0 Å². The zero-order valence-corrected chi connectivity index (χ0v) is 13.2. The third-order valence-corrected chi connectivity index (χ3v) is 3.30. The number of hydrogen-bond donors (Lipinski definition) is 1. The first-order valence-electron chi connectivity index (χ1n) is 7.06. The predicted octanol–water partition coefficient (Wildman–Crippen LogP) is 1.73. The van der Waals surface area contributed by atoms with Crippen LogP contribution in [0, 0.1) is 10.1 Å². The van der Waals surface area contributed by atoms with Crippen molar-refractivity contribution in [3.8, 4) is 0 Å². The molecule has 1 heterocycles. The zero-order valence-electron chi connectivity index (χ0n) is 13.2. The van der Waals surface area contributed by atoms with Crippen LogP contribution in [0.3, 0.4) is 0 Å². The number of likely N-dealkylation sites (N-methyl/N-ethyl adjacent to an activating group) is 1. The van der Waals surface area contributed by atoms with Crippen molar-refractivity contribution in [3.63, 3.8) is 0 Å².